The zero-order valence-corrected chi connectivity index (χ0v) is 8.60. The second-order valence-corrected chi connectivity index (χ2v) is 4.54. The molecule has 1 unspecified atom stereocenters. The van der Waals surface area contributed by atoms with Crippen LogP contribution in [-0.2, 0) is 4.74 Å². The molecule has 1 saturated heterocycles. The van der Waals surface area contributed by atoms with Crippen molar-refractivity contribution in [2.24, 2.45) is 0 Å². The summed E-state index contributed by atoms with van der Waals surface area (Å²) in [5.74, 6) is 0. The van der Waals surface area contributed by atoms with Crippen molar-refractivity contribution in [1.29, 1.82) is 0 Å². The zero-order valence-electron chi connectivity index (χ0n) is 7.70. The lowest BCUT2D eigenvalue weighted by atomic mass is 10.2. The Morgan fingerprint density at radius 1 is 1.58 bits per heavy atom. The van der Waals surface area contributed by atoms with Gasteiger partial charge in [-0.15, -0.1) is 0 Å². The quantitative estimate of drug-likeness (QED) is 0.590. The first-order chi connectivity index (χ1) is 5.40. The molecule has 0 aliphatic carbocycles. The fourth-order valence-electron chi connectivity index (χ4n) is 0.907. The van der Waals surface area contributed by atoms with E-state index in [-0.39, 0.29) is 11.5 Å². The Kier molecular flexibility index (Phi) is 2.56. The summed E-state index contributed by atoms with van der Waals surface area (Å²) < 4.78 is 5.15. The maximum atomic E-state index is 11.3. The van der Waals surface area contributed by atoms with Gasteiger partial charge in [0.15, 0.2) is 0 Å². The average Bonchev–Trinajstić information content (AvgIpc) is 1.79. The summed E-state index contributed by atoms with van der Waals surface area (Å²) in [6.45, 7) is 6.34. The van der Waals surface area contributed by atoms with E-state index in [2.05, 4.69) is 12.6 Å². The first-order valence-corrected chi connectivity index (χ1v) is 4.59. The van der Waals surface area contributed by atoms with Gasteiger partial charge in [-0.2, -0.15) is 12.6 Å². The summed E-state index contributed by atoms with van der Waals surface area (Å²) >= 11 is 4.19. The zero-order chi connectivity index (χ0) is 9.35. The van der Waals surface area contributed by atoms with Gasteiger partial charge in [0.05, 0.1) is 5.37 Å². The van der Waals surface area contributed by atoms with E-state index < -0.39 is 5.60 Å². The predicted octanol–water partition coefficient (Wildman–Crippen LogP) is 1.88. The summed E-state index contributed by atoms with van der Waals surface area (Å²) in [7, 11) is 0. The molecular formula is C8H15NO2S. The number of likely N-dealkylation sites (tertiary alicyclic amines) is 1. The molecule has 12 heavy (non-hydrogen) atoms. The second kappa shape index (κ2) is 3.17. The van der Waals surface area contributed by atoms with Crippen LogP contribution in [0.5, 0.6) is 0 Å². The van der Waals surface area contributed by atoms with Gasteiger partial charge in [-0.1, -0.05) is 0 Å². The van der Waals surface area contributed by atoms with Crippen LogP contribution in [0.3, 0.4) is 0 Å². The highest BCUT2D eigenvalue weighted by Crippen LogP contribution is 2.23. The van der Waals surface area contributed by atoms with E-state index in [1.165, 1.54) is 0 Å². The SMILES string of the molecule is CC(C)(C)OC(=O)N1CCC1S. The molecule has 1 aliphatic rings. The minimum Gasteiger partial charge on any atom is -0.444 e. The van der Waals surface area contributed by atoms with Gasteiger partial charge in [0.1, 0.15) is 5.60 Å². The van der Waals surface area contributed by atoms with Crippen LogP contribution in [0, 0.1) is 0 Å². The topological polar surface area (TPSA) is 29.5 Å². The highest BCUT2D eigenvalue weighted by Gasteiger charge is 2.32. The monoisotopic (exact) mass is 189 g/mol. The van der Waals surface area contributed by atoms with Crippen LogP contribution in [0.25, 0.3) is 0 Å². The number of carbonyl (C=O) groups excluding carboxylic acids is 1. The van der Waals surface area contributed by atoms with Crippen LogP contribution < -0.4 is 0 Å². The van der Waals surface area contributed by atoms with Crippen LogP contribution in [0.15, 0.2) is 0 Å². The van der Waals surface area contributed by atoms with Gasteiger partial charge in [-0.25, -0.2) is 4.79 Å². The minimum atomic E-state index is -0.403. The van der Waals surface area contributed by atoms with Gasteiger partial charge in [-0.3, -0.25) is 4.90 Å². The van der Waals surface area contributed by atoms with Gasteiger partial charge >= 0.3 is 6.09 Å². The molecule has 0 saturated carbocycles. The molecule has 0 aromatic carbocycles. The van der Waals surface area contributed by atoms with E-state index in [1.807, 2.05) is 20.8 Å². The molecule has 0 radical (unpaired) electrons. The van der Waals surface area contributed by atoms with E-state index >= 15 is 0 Å². The van der Waals surface area contributed by atoms with E-state index in [0.29, 0.717) is 0 Å². The number of hydrogen-bond donors (Lipinski definition) is 1. The van der Waals surface area contributed by atoms with Crippen LogP contribution in [0.4, 0.5) is 4.79 Å². The maximum Gasteiger partial charge on any atom is 0.411 e. The highest BCUT2D eigenvalue weighted by atomic mass is 32.1. The summed E-state index contributed by atoms with van der Waals surface area (Å²) in [5.41, 5.74) is -0.403. The molecule has 1 atom stereocenters. The fourth-order valence-corrected chi connectivity index (χ4v) is 1.23. The molecule has 3 nitrogen and oxygen atoms in total. The second-order valence-electron chi connectivity index (χ2n) is 3.94. The summed E-state index contributed by atoms with van der Waals surface area (Å²) in [6.07, 6.45) is 0.705. The van der Waals surface area contributed by atoms with Crippen LogP contribution >= 0.6 is 12.6 Å². The number of rotatable bonds is 0. The highest BCUT2D eigenvalue weighted by molar-refractivity contribution is 7.81. The van der Waals surface area contributed by atoms with Crippen molar-refractivity contribution in [3.05, 3.63) is 0 Å². The third-order valence-electron chi connectivity index (χ3n) is 1.62. The molecule has 0 bridgehead atoms. The standard InChI is InChI=1S/C8H15NO2S/c1-8(2,3)11-7(10)9-5-4-6(9)12/h6,12H,4-5H2,1-3H3. The van der Waals surface area contributed by atoms with Crippen molar-refractivity contribution in [3.63, 3.8) is 0 Å². The normalized spacial score (nSPS) is 23.3. The molecule has 0 N–H and O–H groups in total. The molecule has 0 aromatic rings. The number of ether oxygens (including phenoxy) is 1. The Morgan fingerprint density at radius 2 is 2.17 bits per heavy atom. The van der Waals surface area contributed by atoms with E-state index in [0.717, 1.165) is 13.0 Å². The van der Waals surface area contributed by atoms with E-state index in [9.17, 15) is 4.79 Å². The van der Waals surface area contributed by atoms with Crippen molar-refractivity contribution >= 4 is 18.7 Å². The van der Waals surface area contributed by atoms with Crippen molar-refractivity contribution in [3.8, 4) is 0 Å². The molecule has 1 rings (SSSR count). The van der Waals surface area contributed by atoms with Crippen LogP contribution in [-0.4, -0.2) is 28.5 Å². The van der Waals surface area contributed by atoms with Crippen LogP contribution in [0.2, 0.25) is 0 Å². The van der Waals surface area contributed by atoms with Gasteiger partial charge in [0.2, 0.25) is 0 Å². The van der Waals surface area contributed by atoms with Crippen molar-refractivity contribution in [2.75, 3.05) is 6.54 Å². The molecule has 4 heteroatoms. The lowest BCUT2D eigenvalue weighted by Gasteiger charge is -2.38. The number of nitrogens with zero attached hydrogens (tertiary/aromatic N) is 1. The Balaban J connectivity index is 2.39. The lowest BCUT2D eigenvalue weighted by molar-refractivity contribution is 0.00878. The summed E-state index contributed by atoms with van der Waals surface area (Å²) in [6, 6.07) is 0. The predicted molar refractivity (Wildman–Crippen MR) is 50.3 cm³/mol. The molecule has 1 heterocycles. The number of carbonyl (C=O) groups is 1. The van der Waals surface area contributed by atoms with Crippen molar-refractivity contribution in [1.82, 2.24) is 4.90 Å². The number of thiol groups is 1. The number of hydrogen-bond acceptors (Lipinski definition) is 3. The van der Waals surface area contributed by atoms with Gasteiger partial charge in [-0.05, 0) is 27.2 Å². The van der Waals surface area contributed by atoms with E-state index in [4.69, 9.17) is 4.74 Å². The Morgan fingerprint density at radius 3 is 2.42 bits per heavy atom. The molecule has 70 valence electrons. The van der Waals surface area contributed by atoms with Gasteiger partial charge in [0.25, 0.3) is 0 Å². The first-order valence-electron chi connectivity index (χ1n) is 4.08. The first kappa shape index (κ1) is 9.71. The minimum absolute atomic E-state index is 0.0554. The molecule has 0 aromatic heterocycles. The van der Waals surface area contributed by atoms with Crippen molar-refractivity contribution in [2.45, 2.75) is 38.2 Å². The molecular weight excluding hydrogens is 174 g/mol. The fraction of sp³-hybridized carbons (Fsp3) is 0.875. The molecule has 1 amide bonds. The summed E-state index contributed by atoms with van der Waals surface area (Å²) in [4.78, 5) is 12.9. The lowest BCUT2D eigenvalue weighted by Crippen LogP contribution is -2.49. The average molecular weight is 189 g/mol. The smallest absolute Gasteiger partial charge is 0.411 e. The van der Waals surface area contributed by atoms with E-state index in [1.54, 1.807) is 4.90 Å². The van der Waals surface area contributed by atoms with Crippen LogP contribution in [0.1, 0.15) is 27.2 Å². The maximum absolute atomic E-state index is 11.3. The Hall–Kier alpha value is -0.380. The van der Waals surface area contributed by atoms with Gasteiger partial charge < -0.3 is 4.74 Å². The summed E-state index contributed by atoms with van der Waals surface area (Å²) in [5, 5.41) is 0.0554. The largest absolute Gasteiger partial charge is 0.444 e. The third-order valence-corrected chi connectivity index (χ3v) is 2.15. The molecule has 1 aliphatic heterocycles. The van der Waals surface area contributed by atoms with Gasteiger partial charge in [0, 0.05) is 6.54 Å². The third kappa shape index (κ3) is 2.30. The molecule has 0 spiro atoms. The molecule has 1 fully saturated rings. The number of amides is 1. The Bertz CT molecular complexity index is 188. The Labute approximate surface area is 78.5 Å². The van der Waals surface area contributed by atoms with Crippen molar-refractivity contribution < 1.29 is 9.53 Å².